The highest BCUT2D eigenvalue weighted by atomic mass is 32.1. The molecule has 0 N–H and O–H groups in total. The van der Waals surface area contributed by atoms with Crippen LogP contribution in [0.1, 0.15) is 58.3 Å². The minimum absolute atomic E-state index is 0.758. The monoisotopic (exact) mass is 292 g/mol. The van der Waals surface area contributed by atoms with Gasteiger partial charge in [-0.1, -0.05) is 45.4 Å². The van der Waals surface area contributed by atoms with Gasteiger partial charge in [0.05, 0.1) is 6.61 Å². The summed E-state index contributed by atoms with van der Waals surface area (Å²) >= 11 is 4.29. The van der Waals surface area contributed by atoms with Crippen LogP contribution in [0.2, 0.25) is 0 Å². The van der Waals surface area contributed by atoms with E-state index in [0.717, 1.165) is 29.1 Å². The van der Waals surface area contributed by atoms with Gasteiger partial charge in [0.25, 0.3) is 0 Å². The van der Waals surface area contributed by atoms with E-state index in [9.17, 15) is 0 Å². The molecule has 0 radical (unpaired) electrons. The Labute approximate surface area is 129 Å². The molecule has 0 aromatic heterocycles. The Morgan fingerprint density at radius 2 is 1.65 bits per heavy atom. The topological polar surface area (TPSA) is 9.23 Å². The number of hydrogen-bond donors (Lipinski definition) is 1. The van der Waals surface area contributed by atoms with Gasteiger partial charge in [0.15, 0.2) is 0 Å². The molecule has 1 aromatic carbocycles. The normalized spacial score (nSPS) is 22.7. The summed E-state index contributed by atoms with van der Waals surface area (Å²) in [6, 6.07) is 8.00. The van der Waals surface area contributed by atoms with Gasteiger partial charge in [-0.25, -0.2) is 0 Å². The SMILES string of the molecule is CCCCCC1CCC(COc2ccc(S)cc2)CC1. The molecule has 0 heterocycles. The van der Waals surface area contributed by atoms with Gasteiger partial charge in [-0.3, -0.25) is 0 Å². The fraction of sp³-hybridized carbons (Fsp3) is 0.667. The molecule has 0 amide bonds. The third kappa shape index (κ3) is 5.40. The molecule has 0 bridgehead atoms. The molecule has 0 aliphatic heterocycles. The molecular weight excluding hydrogens is 264 g/mol. The van der Waals surface area contributed by atoms with Crippen molar-refractivity contribution in [2.45, 2.75) is 63.2 Å². The Bertz CT molecular complexity index is 366. The minimum Gasteiger partial charge on any atom is -0.493 e. The molecule has 0 unspecified atom stereocenters. The van der Waals surface area contributed by atoms with Crippen LogP contribution in [0.15, 0.2) is 29.2 Å². The Kier molecular flexibility index (Phi) is 6.78. The van der Waals surface area contributed by atoms with E-state index in [-0.39, 0.29) is 0 Å². The van der Waals surface area contributed by atoms with Crippen molar-refractivity contribution in [3.05, 3.63) is 24.3 Å². The Hall–Kier alpha value is -0.630. The van der Waals surface area contributed by atoms with E-state index in [1.165, 1.54) is 51.4 Å². The van der Waals surface area contributed by atoms with Crippen molar-refractivity contribution in [2.24, 2.45) is 11.8 Å². The maximum Gasteiger partial charge on any atom is 0.119 e. The standard InChI is InChI=1S/C18H28OS/c1-2-3-4-5-15-6-8-16(9-7-15)14-19-17-10-12-18(20)13-11-17/h10-13,15-16,20H,2-9,14H2,1H3. The van der Waals surface area contributed by atoms with Gasteiger partial charge >= 0.3 is 0 Å². The lowest BCUT2D eigenvalue weighted by molar-refractivity contribution is 0.177. The van der Waals surface area contributed by atoms with Crippen LogP contribution < -0.4 is 4.74 Å². The Morgan fingerprint density at radius 1 is 1.00 bits per heavy atom. The molecule has 0 atom stereocenters. The van der Waals surface area contributed by atoms with Crippen LogP contribution >= 0.6 is 12.6 Å². The Balaban J connectivity index is 1.63. The highest BCUT2D eigenvalue weighted by molar-refractivity contribution is 7.80. The van der Waals surface area contributed by atoms with E-state index < -0.39 is 0 Å². The molecule has 1 saturated carbocycles. The van der Waals surface area contributed by atoms with Crippen LogP contribution in [0.3, 0.4) is 0 Å². The summed E-state index contributed by atoms with van der Waals surface area (Å²) < 4.78 is 5.90. The maximum atomic E-state index is 5.90. The Morgan fingerprint density at radius 3 is 2.30 bits per heavy atom. The number of rotatable bonds is 7. The van der Waals surface area contributed by atoms with Crippen LogP contribution in [0.5, 0.6) is 5.75 Å². The predicted octanol–water partition coefficient (Wildman–Crippen LogP) is 5.74. The molecule has 1 fully saturated rings. The van der Waals surface area contributed by atoms with E-state index in [1.54, 1.807) is 0 Å². The first-order valence-corrected chi connectivity index (χ1v) is 8.64. The number of ether oxygens (including phenoxy) is 1. The van der Waals surface area contributed by atoms with Crippen LogP contribution in [0, 0.1) is 11.8 Å². The van der Waals surface area contributed by atoms with Gasteiger partial charge in [-0.2, -0.15) is 0 Å². The summed E-state index contributed by atoms with van der Waals surface area (Å²) in [5.41, 5.74) is 0. The molecule has 112 valence electrons. The summed E-state index contributed by atoms with van der Waals surface area (Å²) in [5, 5.41) is 0. The second-order valence-corrected chi connectivity index (χ2v) is 6.70. The number of benzene rings is 1. The van der Waals surface area contributed by atoms with Crippen LogP contribution in [-0.4, -0.2) is 6.61 Å². The van der Waals surface area contributed by atoms with Crippen LogP contribution in [-0.2, 0) is 0 Å². The van der Waals surface area contributed by atoms with Crippen molar-refractivity contribution in [2.75, 3.05) is 6.61 Å². The molecule has 0 spiro atoms. The van der Waals surface area contributed by atoms with Gasteiger partial charge in [-0.05, 0) is 48.9 Å². The summed E-state index contributed by atoms with van der Waals surface area (Å²) in [6.45, 7) is 3.17. The lowest BCUT2D eigenvalue weighted by Crippen LogP contribution is -2.20. The highest BCUT2D eigenvalue weighted by Crippen LogP contribution is 2.32. The van der Waals surface area contributed by atoms with Gasteiger partial charge in [0.1, 0.15) is 5.75 Å². The first-order chi connectivity index (χ1) is 9.78. The van der Waals surface area contributed by atoms with Crippen molar-refractivity contribution < 1.29 is 4.74 Å². The molecule has 1 nitrogen and oxygen atoms in total. The fourth-order valence-electron chi connectivity index (χ4n) is 3.13. The lowest BCUT2D eigenvalue weighted by Gasteiger charge is -2.28. The first kappa shape index (κ1) is 15.8. The van der Waals surface area contributed by atoms with Crippen molar-refractivity contribution in [3.63, 3.8) is 0 Å². The minimum atomic E-state index is 0.758. The predicted molar refractivity (Wildman–Crippen MR) is 88.8 cm³/mol. The van der Waals surface area contributed by atoms with Crippen molar-refractivity contribution >= 4 is 12.6 Å². The second kappa shape index (κ2) is 8.61. The maximum absolute atomic E-state index is 5.90. The average Bonchev–Trinajstić information content (AvgIpc) is 2.48. The molecule has 20 heavy (non-hydrogen) atoms. The molecule has 1 aliphatic rings. The summed E-state index contributed by atoms with van der Waals surface area (Å²) in [4.78, 5) is 0.991. The summed E-state index contributed by atoms with van der Waals surface area (Å²) in [5.74, 6) is 2.72. The lowest BCUT2D eigenvalue weighted by atomic mass is 9.80. The zero-order valence-corrected chi connectivity index (χ0v) is 13.6. The van der Waals surface area contributed by atoms with Crippen molar-refractivity contribution in [1.29, 1.82) is 0 Å². The molecule has 1 aliphatic carbocycles. The van der Waals surface area contributed by atoms with Gasteiger partial charge in [0, 0.05) is 4.90 Å². The number of unbranched alkanes of at least 4 members (excludes halogenated alkanes) is 2. The quantitative estimate of drug-likeness (QED) is 0.498. The first-order valence-electron chi connectivity index (χ1n) is 8.19. The van der Waals surface area contributed by atoms with Gasteiger partial charge in [-0.15, -0.1) is 12.6 Å². The second-order valence-electron chi connectivity index (χ2n) is 6.19. The van der Waals surface area contributed by atoms with E-state index in [0.29, 0.717) is 0 Å². The fourth-order valence-corrected chi connectivity index (χ4v) is 3.28. The molecule has 2 heteroatoms. The molecule has 2 rings (SSSR count). The summed E-state index contributed by atoms with van der Waals surface area (Å²) in [7, 11) is 0. The van der Waals surface area contributed by atoms with E-state index in [1.807, 2.05) is 24.3 Å². The largest absolute Gasteiger partial charge is 0.493 e. The van der Waals surface area contributed by atoms with Crippen LogP contribution in [0.25, 0.3) is 0 Å². The smallest absolute Gasteiger partial charge is 0.119 e. The van der Waals surface area contributed by atoms with E-state index in [2.05, 4.69) is 19.6 Å². The zero-order chi connectivity index (χ0) is 14.2. The number of hydrogen-bond acceptors (Lipinski definition) is 2. The summed E-state index contributed by atoms with van der Waals surface area (Å²) in [6.07, 6.45) is 11.1. The van der Waals surface area contributed by atoms with Crippen molar-refractivity contribution in [1.82, 2.24) is 0 Å². The molecule has 1 aromatic rings. The third-order valence-corrected chi connectivity index (χ3v) is 4.80. The molecule has 0 saturated heterocycles. The van der Waals surface area contributed by atoms with Crippen LogP contribution in [0.4, 0.5) is 0 Å². The van der Waals surface area contributed by atoms with Crippen molar-refractivity contribution in [3.8, 4) is 5.75 Å². The average molecular weight is 292 g/mol. The third-order valence-electron chi connectivity index (χ3n) is 4.50. The van der Waals surface area contributed by atoms with Gasteiger partial charge in [0.2, 0.25) is 0 Å². The van der Waals surface area contributed by atoms with Gasteiger partial charge < -0.3 is 4.74 Å². The highest BCUT2D eigenvalue weighted by Gasteiger charge is 2.21. The molecular formula is C18H28OS. The zero-order valence-electron chi connectivity index (χ0n) is 12.7. The van der Waals surface area contributed by atoms with E-state index >= 15 is 0 Å². The van der Waals surface area contributed by atoms with E-state index in [4.69, 9.17) is 4.74 Å². The number of thiol groups is 1.